The fourth-order valence-electron chi connectivity index (χ4n) is 2.37. The number of hydrogen-bond donors (Lipinski definition) is 0. The Labute approximate surface area is 128 Å². The lowest BCUT2D eigenvalue weighted by atomic mass is 9.86. The van der Waals surface area contributed by atoms with Crippen LogP contribution in [0.4, 0.5) is 0 Å². The van der Waals surface area contributed by atoms with Crippen LogP contribution in [0, 0.1) is 0 Å². The molecule has 106 valence electrons. The van der Waals surface area contributed by atoms with Crippen molar-refractivity contribution >= 4 is 21.4 Å². The number of fused-ring (bicyclic) bond motifs is 1. The highest BCUT2D eigenvalue weighted by molar-refractivity contribution is 7.21. The van der Waals surface area contributed by atoms with Crippen LogP contribution < -0.4 is 5.43 Å². The summed E-state index contributed by atoms with van der Waals surface area (Å²) in [7, 11) is 0. The van der Waals surface area contributed by atoms with Crippen molar-refractivity contribution in [2.75, 3.05) is 0 Å². The van der Waals surface area contributed by atoms with Crippen molar-refractivity contribution < 1.29 is 0 Å². The fourth-order valence-corrected chi connectivity index (χ4v) is 3.43. The van der Waals surface area contributed by atoms with Gasteiger partial charge in [0, 0.05) is 21.0 Å². The average Bonchev–Trinajstić information content (AvgIpc) is 2.47. The van der Waals surface area contributed by atoms with Crippen molar-refractivity contribution in [3.63, 3.8) is 0 Å². The molecule has 0 atom stereocenters. The molecule has 0 aliphatic carbocycles. The molecule has 0 saturated carbocycles. The molecule has 0 N–H and O–H groups in total. The topological polar surface area (TPSA) is 17.1 Å². The molecule has 1 heterocycles. The summed E-state index contributed by atoms with van der Waals surface area (Å²) in [5, 5.41) is 0.826. The van der Waals surface area contributed by atoms with Gasteiger partial charge < -0.3 is 0 Å². The highest BCUT2D eigenvalue weighted by atomic mass is 32.1. The molecule has 2 aromatic carbocycles. The van der Waals surface area contributed by atoms with Crippen molar-refractivity contribution in [1.82, 2.24) is 0 Å². The molecule has 0 amide bonds. The summed E-state index contributed by atoms with van der Waals surface area (Å²) < 4.78 is 1.05. The summed E-state index contributed by atoms with van der Waals surface area (Å²) in [6.45, 7) is 6.50. The van der Waals surface area contributed by atoms with Crippen LogP contribution in [0.2, 0.25) is 0 Å². The zero-order chi connectivity index (χ0) is 15.0. The third-order valence-electron chi connectivity index (χ3n) is 3.65. The average molecular weight is 294 g/mol. The standard InChI is InChI=1S/C19H18OS/c1-19(2,3)14-9-10-17-15(11-14)16(20)12-18(21-17)13-7-5-4-6-8-13/h4-12H,1-3H3. The van der Waals surface area contributed by atoms with Crippen LogP contribution in [0.5, 0.6) is 0 Å². The van der Waals surface area contributed by atoms with E-state index in [4.69, 9.17) is 0 Å². The lowest BCUT2D eigenvalue weighted by molar-refractivity contribution is 0.591. The molecule has 0 bridgehead atoms. The molecule has 0 unspecified atom stereocenters. The van der Waals surface area contributed by atoms with Gasteiger partial charge in [0.2, 0.25) is 0 Å². The maximum absolute atomic E-state index is 12.5. The normalized spacial score (nSPS) is 11.8. The minimum absolute atomic E-state index is 0.0589. The lowest BCUT2D eigenvalue weighted by Crippen LogP contribution is -2.11. The summed E-state index contributed by atoms with van der Waals surface area (Å²) in [5.74, 6) is 0. The first-order valence-electron chi connectivity index (χ1n) is 7.09. The molecule has 0 saturated heterocycles. The van der Waals surface area contributed by atoms with E-state index in [0.717, 1.165) is 20.5 Å². The summed E-state index contributed by atoms with van der Waals surface area (Å²) in [5.41, 5.74) is 2.46. The maximum Gasteiger partial charge on any atom is 0.188 e. The SMILES string of the molecule is CC(C)(C)c1ccc2sc(-c3ccccc3)cc(=O)c2c1. The van der Waals surface area contributed by atoms with Gasteiger partial charge in [-0.15, -0.1) is 11.3 Å². The predicted octanol–water partition coefficient (Wildman–Crippen LogP) is 5.23. The fraction of sp³-hybridized carbons (Fsp3) is 0.211. The van der Waals surface area contributed by atoms with Gasteiger partial charge in [0.15, 0.2) is 5.43 Å². The van der Waals surface area contributed by atoms with Gasteiger partial charge in [-0.1, -0.05) is 57.2 Å². The molecular weight excluding hydrogens is 276 g/mol. The molecule has 3 rings (SSSR count). The molecule has 21 heavy (non-hydrogen) atoms. The third-order valence-corrected chi connectivity index (χ3v) is 4.80. The molecule has 0 spiro atoms. The van der Waals surface area contributed by atoms with Crippen LogP contribution in [0.1, 0.15) is 26.3 Å². The van der Waals surface area contributed by atoms with E-state index in [-0.39, 0.29) is 10.8 Å². The summed E-state index contributed by atoms with van der Waals surface area (Å²) >= 11 is 1.67. The van der Waals surface area contributed by atoms with Gasteiger partial charge in [0.25, 0.3) is 0 Å². The Bertz CT molecular complexity index is 839. The Morgan fingerprint density at radius 2 is 1.62 bits per heavy atom. The Balaban J connectivity index is 2.21. The van der Waals surface area contributed by atoms with Crippen LogP contribution in [0.3, 0.4) is 0 Å². The summed E-state index contributed by atoms with van der Waals surface area (Å²) in [6.07, 6.45) is 0. The Morgan fingerprint density at radius 1 is 0.905 bits per heavy atom. The second-order valence-electron chi connectivity index (χ2n) is 6.30. The second-order valence-corrected chi connectivity index (χ2v) is 7.39. The van der Waals surface area contributed by atoms with E-state index in [9.17, 15) is 4.79 Å². The molecule has 0 aliphatic rings. The van der Waals surface area contributed by atoms with E-state index < -0.39 is 0 Å². The lowest BCUT2D eigenvalue weighted by Gasteiger charge is -2.19. The predicted molar refractivity (Wildman–Crippen MR) is 92.2 cm³/mol. The zero-order valence-electron chi connectivity index (χ0n) is 12.5. The Morgan fingerprint density at radius 3 is 2.29 bits per heavy atom. The van der Waals surface area contributed by atoms with Crippen LogP contribution in [-0.4, -0.2) is 0 Å². The van der Waals surface area contributed by atoms with Gasteiger partial charge in [-0.3, -0.25) is 4.79 Å². The molecule has 3 aromatic rings. The van der Waals surface area contributed by atoms with Gasteiger partial charge in [-0.2, -0.15) is 0 Å². The Kier molecular flexibility index (Phi) is 3.42. The number of rotatable bonds is 1. The first kappa shape index (κ1) is 14.0. The maximum atomic E-state index is 12.5. The molecule has 1 nitrogen and oxygen atoms in total. The largest absolute Gasteiger partial charge is 0.289 e. The smallest absolute Gasteiger partial charge is 0.188 e. The highest BCUT2D eigenvalue weighted by Crippen LogP contribution is 2.30. The molecular formula is C19H18OS. The van der Waals surface area contributed by atoms with Crippen molar-refractivity contribution in [2.24, 2.45) is 0 Å². The van der Waals surface area contributed by atoms with E-state index >= 15 is 0 Å². The van der Waals surface area contributed by atoms with E-state index in [1.165, 1.54) is 5.56 Å². The van der Waals surface area contributed by atoms with Crippen molar-refractivity contribution in [3.8, 4) is 10.4 Å². The monoisotopic (exact) mass is 294 g/mol. The minimum atomic E-state index is 0.0589. The number of hydrogen-bond acceptors (Lipinski definition) is 2. The molecule has 0 radical (unpaired) electrons. The van der Waals surface area contributed by atoms with E-state index in [2.05, 4.69) is 32.9 Å². The van der Waals surface area contributed by atoms with E-state index in [0.29, 0.717) is 0 Å². The Hall–Kier alpha value is -1.93. The van der Waals surface area contributed by atoms with Gasteiger partial charge in [0.1, 0.15) is 0 Å². The summed E-state index contributed by atoms with van der Waals surface area (Å²) in [6, 6.07) is 18.1. The molecule has 1 aromatic heterocycles. The van der Waals surface area contributed by atoms with Crippen molar-refractivity contribution in [2.45, 2.75) is 26.2 Å². The first-order chi connectivity index (χ1) is 9.95. The first-order valence-corrected chi connectivity index (χ1v) is 7.90. The number of benzene rings is 2. The van der Waals surface area contributed by atoms with E-state index in [1.54, 1.807) is 17.4 Å². The van der Waals surface area contributed by atoms with Gasteiger partial charge in [-0.25, -0.2) is 0 Å². The van der Waals surface area contributed by atoms with Crippen molar-refractivity contribution in [1.29, 1.82) is 0 Å². The molecule has 0 aliphatic heterocycles. The van der Waals surface area contributed by atoms with E-state index in [1.807, 2.05) is 36.4 Å². The van der Waals surface area contributed by atoms with Gasteiger partial charge >= 0.3 is 0 Å². The third kappa shape index (κ3) is 2.77. The van der Waals surface area contributed by atoms with Crippen LogP contribution in [0.15, 0.2) is 59.4 Å². The zero-order valence-corrected chi connectivity index (χ0v) is 13.3. The minimum Gasteiger partial charge on any atom is -0.289 e. The second kappa shape index (κ2) is 5.12. The van der Waals surface area contributed by atoms with Crippen LogP contribution in [-0.2, 0) is 5.41 Å². The summed E-state index contributed by atoms with van der Waals surface area (Å²) in [4.78, 5) is 13.5. The van der Waals surface area contributed by atoms with Crippen molar-refractivity contribution in [3.05, 3.63) is 70.4 Å². The molecule has 0 fully saturated rings. The highest BCUT2D eigenvalue weighted by Gasteiger charge is 2.15. The molecule has 2 heteroatoms. The van der Waals surface area contributed by atoms with Crippen LogP contribution in [0.25, 0.3) is 20.5 Å². The van der Waals surface area contributed by atoms with Gasteiger partial charge in [0.05, 0.1) is 0 Å². The quantitative estimate of drug-likeness (QED) is 0.601. The van der Waals surface area contributed by atoms with Crippen LogP contribution >= 0.6 is 11.3 Å². The van der Waals surface area contributed by atoms with Gasteiger partial charge in [-0.05, 0) is 28.7 Å².